The van der Waals surface area contributed by atoms with Crippen molar-refractivity contribution in [2.24, 2.45) is 0 Å². The Kier molecular flexibility index (Phi) is 3.31. The molecule has 0 saturated carbocycles. The molecule has 0 radical (unpaired) electrons. The molecule has 1 amide bonds. The monoisotopic (exact) mass is 225 g/mol. The molecule has 0 aliphatic heterocycles. The lowest BCUT2D eigenvalue weighted by Crippen LogP contribution is -2.51. The minimum atomic E-state index is -1.25. The fourth-order valence-electron chi connectivity index (χ4n) is 1.19. The summed E-state index contributed by atoms with van der Waals surface area (Å²) in [5, 5.41) is 17.8. The van der Waals surface area contributed by atoms with E-state index in [1.807, 2.05) is 0 Å². The second-order valence-electron chi connectivity index (χ2n) is 3.85. The van der Waals surface area contributed by atoms with Crippen molar-refractivity contribution in [3.63, 3.8) is 0 Å². The fourth-order valence-corrected chi connectivity index (χ4v) is 1.19. The topological polar surface area (TPSA) is 95.1 Å². The Hall–Kier alpha value is -1.85. The van der Waals surface area contributed by atoms with Gasteiger partial charge in [-0.15, -0.1) is 0 Å². The van der Waals surface area contributed by atoms with Crippen molar-refractivity contribution in [3.8, 4) is 0 Å². The third kappa shape index (κ3) is 2.21. The summed E-state index contributed by atoms with van der Waals surface area (Å²) in [6, 6.07) is 0. The molecule has 6 heteroatoms. The highest BCUT2D eigenvalue weighted by Crippen LogP contribution is 2.12. The number of carboxylic acid groups (broad SMARTS) is 1. The molecule has 0 fully saturated rings. The van der Waals surface area contributed by atoms with Crippen molar-refractivity contribution in [2.75, 3.05) is 0 Å². The van der Waals surface area contributed by atoms with Gasteiger partial charge in [0.25, 0.3) is 5.91 Å². The van der Waals surface area contributed by atoms with Gasteiger partial charge in [-0.25, -0.2) is 4.79 Å². The van der Waals surface area contributed by atoms with E-state index in [9.17, 15) is 9.59 Å². The lowest BCUT2D eigenvalue weighted by atomic mass is 9.98. The molecule has 1 aromatic heterocycles. The third-order valence-corrected chi connectivity index (χ3v) is 2.64. The maximum atomic E-state index is 11.8. The molecule has 0 aliphatic carbocycles. The van der Waals surface area contributed by atoms with Crippen LogP contribution in [0.15, 0.2) is 6.20 Å². The minimum absolute atomic E-state index is 0.310. The van der Waals surface area contributed by atoms with Crippen molar-refractivity contribution >= 4 is 11.9 Å². The van der Waals surface area contributed by atoms with Gasteiger partial charge in [0.1, 0.15) is 5.54 Å². The van der Waals surface area contributed by atoms with Crippen LogP contribution in [0.3, 0.4) is 0 Å². The zero-order valence-corrected chi connectivity index (χ0v) is 9.50. The summed E-state index contributed by atoms with van der Waals surface area (Å²) in [4.78, 5) is 22.8. The van der Waals surface area contributed by atoms with Gasteiger partial charge < -0.3 is 10.4 Å². The number of aliphatic carboxylic acids is 1. The summed E-state index contributed by atoms with van der Waals surface area (Å²) in [7, 11) is 0. The number of hydrogen-bond acceptors (Lipinski definition) is 3. The summed E-state index contributed by atoms with van der Waals surface area (Å²) in [6.45, 7) is 4.88. The number of H-pyrrole nitrogens is 1. The number of hydrogen-bond donors (Lipinski definition) is 3. The second kappa shape index (κ2) is 4.34. The van der Waals surface area contributed by atoms with Crippen LogP contribution >= 0.6 is 0 Å². The van der Waals surface area contributed by atoms with E-state index in [1.54, 1.807) is 13.8 Å². The van der Waals surface area contributed by atoms with Gasteiger partial charge in [0, 0.05) is 5.69 Å². The van der Waals surface area contributed by atoms with Crippen LogP contribution in [0.4, 0.5) is 0 Å². The molecule has 0 saturated heterocycles. The van der Waals surface area contributed by atoms with Crippen LogP contribution in [0.1, 0.15) is 36.3 Å². The van der Waals surface area contributed by atoms with Crippen LogP contribution in [0.25, 0.3) is 0 Å². The number of rotatable bonds is 4. The molecule has 0 aliphatic rings. The molecule has 1 rings (SSSR count). The van der Waals surface area contributed by atoms with Crippen LogP contribution in [0, 0.1) is 6.92 Å². The first-order chi connectivity index (χ1) is 7.40. The van der Waals surface area contributed by atoms with E-state index in [1.165, 1.54) is 13.1 Å². The van der Waals surface area contributed by atoms with Crippen LogP contribution in [0.5, 0.6) is 0 Å². The lowest BCUT2D eigenvalue weighted by molar-refractivity contribution is -0.143. The minimum Gasteiger partial charge on any atom is -0.480 e. The quantitative estimate of drug-likeness (QED) is 0.703. The van der Waals surface area contributed by atoms with E-state index >= 15 is 0 Å². The van der Waals surface area contributed by atoms with Gasteiger partial charge in [0.2, 0.25) is 0 Å². The van der Waals surface area contributed by atoms with Crippen LogP contribution in [0.2, 0.25) is 0 Å². The number of carboxylic acids is 1. The molecular formula is C10H15N3O3. The number of carbonyl (C=O) groups excluding carboxylic acids is 1. The number of carbonyl (C=O) groups is 2. The van der Waals surface area contributed by atoms with Crippen molar-refractivity contribution in [1.29, 1.82) is 0 Å². The molecule has 16 heavy (non-hydrogen) atoms. The molecule has 1 heterocycles. The highest BCUT2D eigenvalue weighted by molar-refractivity contribution is 5.98. The number of nitrogens with one attached hydrogen (secondary N) is 2. The number of nitrogens with zero attached hydrogens (tertiary/aromatic N) is 1. The molecule has 3 N–H and O–H groups in total. The average molecular weight is 225 g/mol. The highest BCUT2D eigenvalue weighted by atomic mass is 16.4. The Morgan fingerprint density at radius 2 is 2.25 bits per heavy atom. The zero-order valence-electron chi connectivity index (χ0n) is 9.50. The maximum absolute atomic E-state index is 11.8. The van der Waals surface area contributed by atoms with E-state index in [0.29, 0.717) is 17.7 Å². The number of aryl methyl sites for hydroxylation is 1. The molecule has 0 spiro atoms. The molecule has 1 unspecified atom stereocenters. The van der Waals surface area contributed by atoms with Gasteiger partial charge in [-0.05, 0) is 20.3 Å². The molecule has 1 aromatic rings. The largest absolute Gasteiger partial charge is 0.480 e. The first-order valence-corrected chi connectivity index (χ1v) is 4.96. The van der Waals surface area contributed by atoms with Gasteiger partial charge >= 0.3 is 5.97 Å². The van der Waals surface area contributed by atoms with Crippen LogP contribution in [-0.2, 0) is 4.79 Å². The first-order valence-electron chi connectivity index (χ1n) is 4.96. The summed E-state index contributed by atoms with van der Waals surface area (Å²) in [6.07, 6.45) is 1.69. The predicted molar refractivity (Wildman–Crippen MR) is 57.1 cm³/mol. The predicted octanol–water partition coefficient (Wildman–Crippen LogP) is 0.701. The van der Waals surface area contributed by atoms with E-state index in [4.69, 9.17) is 5.11 Å². The average Bonchev–Trinajstić information content (AvgIpc) is 2.64. The molecule has 0 aromatic carbocycles. The maximum Gasteiger partial charge on any atom is 0.329 e. The zero-order chi connectivity index (χ0) is 12.3. The number of aromatic amines is 1. The van der Waals surface area contributed by atoms with E-state index in [-0.39, 0.29) is 0 Å². The summed E-state index contributed by atoms with van der Waals surface area (Å²) >= 11 is 0. The first kappa shape index (κ1) is 12.2. The second-order valence-corrected chi connectivity index (χ2v) is 3.85. The van der Waals surface area contributed by atoms with E-state index in [2.05, 4.69) is 15.5 Å². The van der Waals surface area contributed by atoms with Gasteiger partial charge in [-0.3, -0.25) is 9.89 Å². The van der Waals surface area contributed by atoms with Crippen molar-refractivity contribution < 1.29 is 14.7 Å². The molecule has 88 valence electrons. The van der Waals surface area contributed by atoms with Crippen molar-refractivity contribution in [3.05, 3.63) is 17.5 Å². The van der Waals surface area contributed by atoms with Gasteiger partial charge in [-0.2, -0.15) is 5.10 Å². The smallest absolute Gasteiger partial charge is 0.329 e. The fraction of sp³-hybridized carbons (Fsp3) is 0.500. The Morgan fingerprint density at radius 1 is 1.62 bits per heavy atom. The molecule has 1 atom stereocenters. The van der Waals surface area contributed by atoms with Crippen molar-refractivity contribution in [2.45, 2.75) is 32.7 Å². The van der Waals surface area contributed by atoms with Gasteiger partial charge in [-0.1, -0.05) is 6.92 Å². The highest BCUT2D eigenvalue weighted by Gasteiger charge is 2.33. The number of aromatic nitrogens is 2. The summed E-state index contributed by atoms with van der Waals surface area (Å²) < 4.78 is 0. The van der Waals surface area contributed by atoms with Crippen molar-refractivity contribution in [1.82, 2.24) is 15.5 Å². The number of amides is 1. The molecule has 6 nitrogen and oxygen atoms in total. The SMILES string of the molecule is CCC(C)(NC(=O)c1cn[nH]c1C)C(=O)O. The van der Waals surface area contributed by atoms with Gasteiger partial charge in [0.05, 0.1) is 11.8 Å². The molecular weight excluding hydrogens is 210 g/mol. The Morgan fingerprint density at radius 3 is 2.62 bits per heavy atom. The Labute approximate surface area is 93.1 Å². The normalized spacial score (nSPS) is 14.2. The Balaban J connectivity index is 2.86. The standard InChI is InChI=1S/C10H15N3O3/c1-4-10(3,9(15)16)12-8(14)7-5-11-13-6(7)2/h5H,4H2,1-3H3,(H,11,13)(H,12,14)(H,15,16). The van der Waals surface area contributed by atoms with E-state index < -0.39 is 17.4 Å². The van der Waals surface area contributed by atoms with E-state index in [0.717, 1.165) is 0 Å². The lowest BCUT2D eigenvalue weighted by Gasteiger charge is -2.24. The van der Waals surface area contributed by atoms with Crippen LogP contribution in [-0.4, -0.2) is 32.7 Å². The van der Waals surface area contributed by atoms with Gasteiger partial charge in [0.15, 0.2) is 0 Å². The Bertz CT molecular complexity index is 413. The summed E-state index contributed by atoms with van der Waals surface area (Å²) in [5.74, 6) is -1.48. The third-order valence-electron chi connectivity index (χ3n) is 2.64. The molecule has 0 bridgehead atoms. The van der Waals surface area contributed by atoms with Crippen LogP contribution < -0.4 is 5.32 Å². The summed E-state index contributed by atoms with van der Waals surface area (Å²) in [5.41, 5.74) is -0.275.